The lowest BCUT2D eigenvalue weighted by Gasteiger charge is -2.33. The fourth-order valence-electron chi connectivity index (χ4n) is 8.10. The monoisotopic (exact) mass is 662 g/mol. The van der Waals surface area contributed by atoms with Gasteiger partial charge < -0.3 is 9.80 Å². The first kappa shape index (κ1) is 30.4. The molecule has 0 radical (unpaired) electrons. The first-order valence-electron chi connectivity index (χ1n) is 17.7. The minimum atomic E-state index is 0.00442. The Morgan fingerprint density at radius 1 is 0.380 bits per heavy atom. The van der Waals surface area contributed by atoms with Gasteiger partial charge in [-0.15, -0.1) is 11.3 Å². The molecule has 1 heterocycles. The average molecular weight is 663 g/mol. The Balaban J connectivity index is 1.10. The highest BCUT2D eigenvalue weighted by Gasteiger charge is 2.37. The van der Waals surface area contributed by atoms with E-state index >= 15 is 0 Å². The summed E-state index contributed by atoms with van der Waals surface area (Å²) in [4.78, 5) is 4.77. The number of thiophene rings is 1. The molecule has 0 unspecified atom stereocenters. The highest BCUT2D eigenvalue weighted by molar-refractivity contribution is 7.26. The van der Waals surface area contributed by atoms with Crippen molar-refractivity contribution >= 4 is 65.6 Å². The molecular formula is C47H38N2S. The van der Waals surface area contributed by atoms with Gasteiger partial charge in [-0.2, -0.15) is 0 Å². The number of hydrogen-bond acceptors (Lipinski definition) is 3. The minimum absolute atomic E-state index is 0.00442. The molecule has 0 N–H and O–H groups in total. The van der Waals surface area contributed by atoms with Crippen molar-refractivity contribution in [2.75, 3.05) is 9.80 Å². The van der Waals surface area contributed by atoms with Crippen LogP contribution in [0.2, 0.25) is 0 Å². The zero-order valence-corrected chi connectivity index (χ0v) is 28.8. The molecule has 0 saturated heterocycles. The van der Waals surface area contributed by atoms with Crippen LogP contribution < -0.4 is 9.80 Å². The van der Waals surface area contributed by atoms with Crippen molar-refractivity contribution in [2.24, 2.45) is 0 Å². The van der Waals surface area contributed by atoms with E-state index in [9.17, 15) is 0 Å². The van der Waals surface area contributed by atoms with Gasteiger partial charge in [0, 0.05) is 49.3 Å². The standard InChI is InChI=1S/C47H38N2S/c1-4-15-37(16-5-1)48(38-17-6-2-7-18-38)40-29-25-35(26-30-40)47(33-12-13-34-47)36-27-31-41(32-28-36)49(39-19-8-3-9-20-39)44-23-14-22-43-42-21-10-11-24-45(42)50-46(43)44/h1-11,14-32H,12-13,33-34H2. The predicted molar refractivity (Wildman–Crippen MR) is 214 cm³/mol. The Kier molecular flexibility index (Phi) is 7.91. The van der Waals surface area contributed by atoms with Crippen molar-refractivity contribution in [1.29, 1.82) is 0 Å². The number of rotatable bonds is 8. The van der Waals surface area contributed by atoms with Gasteiger partial charge in [-0.3, -0.25) is 0 Å². The van der Waals surface area contributed by atoms with E-state index in [0.717, 1.165) is 29.9 Å². The molecule has 0 amide bonds. The maximum Gasteiger partial charge on any atom is 0.0640 e. The summed E-state index contributed by atoms with van der Waals surface area (Å²) in [6.45, 7) is 0. The van der Waals surface area contributed by atoms with Gasteiger partial charge in [-0.25, -0.2) is 0 Å². The lowest BCUT2D eigenvalue weighted by molar-refractivity contribution is 0.535. The van der Waals surface area contributed by atoms with Gasteiger partial charge >= 0.3 is 0 Å². The van der Waals surface area contributed by atoms with Crippen LogP contribution in [0.15, 0.2) is 182 Å². The van der Waals surface area contributed by atoms with Gasteiger partial charge in [0.05, 0.1) is 10.4 Å². The summed E-state index contributed by atoms with van der Waals surface area (Å²) in [5.74, 6) is 0. The zero-order valence-electron chi connectivity index (χ0n) is 28.0. The van der Waals surface area contributed by atoms with Crippen LogP contribution in [0.1, 0.15) is 36.8 Å². The largest absolute Gasteiger partial charge is 0.311 e. The zero-order chi connectivity index (χ0) is 33.3. The van der Waals surface area contributed by atoms with E-state index in [1.54, 1.807) is 0 Å². The van der Waals surface area contributed by atoms with Crippen LogP contribution >= 0.6 is 11.3 Å². The van der Waals surface area contributed by atoms with Crippen molar-refractivity contribution in [3.63, 3.8) is 0 Å². The summed E-state index contributed by atoms with van der Waals surface area (Å²) in [6.07, 6.45) is 4.81. The molecule has 3 heteroatoms. The molecular weight excluding hydrogens is 625 g/mol. The molecule has 0 spiro atoms. The molecule has 1 aliphatic carbocycles. The summed E-state index contributed by atoms with van der Waals surface area (Å²) in [5.41, 5.74) is 9.86. The quantitative estimate of drug-likeness (QED) is 0.160. The third kappa shape index (κ3) is 5.35. The van der Waals surface area contributed by atoms with Crippen LogP contribution in [0, 0.1) is 0 Å². The van der Waals surface area contributed by atoms with Gasteiger partial charge in [0.25, 0.3) is 0 Å². The fraction of sp³-hybridized carbons (Fsp3) is 0.106. The van der Waals surface area contributed by atoms with E-state index in [1.165, 1.54) is 61.2 Å². The number of anilines is 6. The molecule has 8 aromatic rings. The van der Waals surface area contributed by atoms with Crippen molar-refractivity contribution < 1.29 is 0 Å². The normalized spacial score (nSPS) is 13.8. The van der Waals surface area contributed by atoms with Crippen LogP contribution in [-0.2, 0) is 5.41 Å². The Morgan fingerprint density at radius 3 is 1.38 bits per heavy atom. The molecule has 0 bridgehead atoms. The van der Waals surface area contributed by atoms with E-state index in [2.05, 4.69) is 192 Å². The van der Waals surface area contributed by atoms with Crippen molar-refractivity contribution in [2.45, 2.75) is 31.1 Å². The number of para-hydroxylation sites is 3. The van der Waals surface area contributed by atoms with Crippen LogP contribution in [-0.4, -0.2) is 0 Å². The predicted octanol–water partition coefficient (Wildman–Crippen LogP) is 13.9. The van der Waals surface area contributed by atoms with Gasteiger partial charge in [0.15, 0.2) is 0 Å². The number of nitrogens with zero attached hydrogens (tertiary/aromatic N) is 2. The van der Waals surface area contributed by atoms with Crippen LogP contribution in [0.25, 0.3) is 20.2 Å². The molecule has 1 aliphatic rings. The molecule has 50 heavy (non-hydrogen) atoms. The fourth-order valence-corrected chi connectivity index (χ4v) is 9.30. The Bertz CT molecular complexity index is 2320. The molecule has 0 aliphatic heterocycles. The summed E-state index contributed by atoms with van der Waals surface area (Å²) >= 11 is 1.88. The van der Waals surface area contributed by atoms with Gasteiger partial charge in [0.2, 0.25) is 0 Å². The second-order valence-corrected chi connectivity index (χ2v) is 14.4. The highest BCUT2D eigenvalue weighted by atomic mass is 32.1. The van der Waals surface area contributed by atoms with Crippen LogP contribution in [0.4, 0.5) is 34.1 Å². The van der Waals surface area contributed by atoms with Gasteiger partial charge in [-0.1, -0.05) is 122 Å². The minimum Gasteiger partial charge on any atom is -0.311 e. The number of hydrogen-bond donors (Lipinski definition) is 0. The number of benzene rings is 7. The van der Waals surface area contributed by atoms with Crippen LogP contribution in [0.5, 0.6) is 0 Å². The lowest BCUT2D eigenvalue weighted by Crippen LogP contribution is -2.24. The molecule has 1 saturated carbocycles. The van der Waals surface area contributed by atoms with E-state index in [0.29, 0.717) is 0 Å². The van der Waals surface area contributed by atoms with E-state index in [4.69, 9.17) is 0 Å². The smallest absolute Gasteiger partial charge is 0.0640 e. The third-order valence-corrected chi connectivity index (χ3v) is 11.7. The van der Waals surface area contributed by atoms with Crippen LogP contribution in [0.3, 0.4) is 0 Å². The van der Waals surface area contributed by atoms with E-state index in [1.807, 2.05) is 11.3 Å². The summed E-state index contributed by atoms with van der Waals surface area (Å²) in [6, 6.07) is 66.5. The topological polar surface area (TPSA) is 6.48 Å². The Labute approximate surface area is 298 Å². The van der Waals surface area contributed by atoms with Crippen molar-refractivity contribution in [1.82, 2.24) is 0 Å². The summed E-state index contributed by atoms with van der Waals surface area (Å²) < 4.78 is 2.64. The van der Waals surface area contributed by atoms with E-state index < -0.39 is 0 Å². The summed E-state index contributed by atoms with van der Waals surface area (Å²) in [5, 5.41) is 2.63. The molecule has 2 nitrogen and oxygen atoms in total. The first-order valence-corrected chi connectivity index (χ1v) is 18.5. The van der Waals surface area contributed by atoms with Gasteiger partial charge in [-0.05, 0) is 96.8 Å². The first-order chi connectivity index (χ1) is 24.8. The lowest BCUT2D eigenvalue weighted by atomic mass is 9.73. The Hall–Kier alpha value is -5.64. The average Bonchev–Trinajstić information content (AvgIpc) is 3.84. The maximum atomic E-state index is 2.43. The Morgan fingerprint density at radius 2 is 0.820 bits per heavy atom. The molecule has 9 rings (SSSR count). The molecule has 1 fully saturated rings. The summed E-state index contributed by atoms with van der Waals surface area (Å²) in [7, 11) is 0. The van der Waals surface area contributed by atoms with E-state index in [-0.39, 0.29) is 5.41 Å². The molecule has 7 aromatic carbocycles. The van der Waals surface area contributed by atoms with Crippen molar-refractivity contribution in [3.05, 3.63) is 193 Å². The maximum absolute atomic E-state index is 2.43. The second kappa shape index (κ2) is 13.0. The second-order valence-electron chi connectivity index (χ2n) is 13.3. The van der Waals surface area contributed by atoms with Crippen molar-refractivity contribution in [3.8, 4) is 0 Å². The van der Waals surface area contributed by atoms with Gasteiger partial charge in [0.1, 0.15) is 0 Å². The molecule has 242 valence electrons. The highest BCUT2D eigenvalue weighted by Crippen LogP contribution is 2.49. The number of fused-ring (bicyclic) bond motifs is 3. The molecule has 0 atom stereocenters. The SMILES string of the molecule is c1ccc(N(c2ccccc2)c2ccc(C3(c4ccc(N(c5ccccc5)c5cccc6c5sc5ccccc56)cc4)CCCC3)cc2)cc1. The molecule has 1 aromatic heterocycles. The third-order valence-electron chi connectivity index (χ3n) is 10.5.